The Morgan fingerprint density at radius 3 is 2.46 bits per heavy atom. The molecule has 1 heterocycles. The summed E-state index contributed by atoms with van der Waals surface area (Å²) in [6.07, 6.45) is 0. The van der Waals surface area contributed by atoms with E-state index in [2.05, 4.69) is 23.5 Å². The monoisotopic (exact) mass is 341 g/mol. The number of carbonyl (C=O) groups excluding carboxylic acids is 1. The lowest BCUT2D eigenvalue weighted by molar-refractivity contribution is -0.117. The van der Waals surface area contributed by atoms with Gasteiger partial charge in [-0.3, -0.25) is 4.79 Å². The van der Waals surface area contributed by atoms with Crippen molar-refractivity contribution in [2.75, 3.05) is 5.32 Å². The molecule has 128 valence electrons. The van der Waals surface area contributed by atoms with E-state index in [0.29, 0.717) is 0 Å². The molecule has 4 nitrogen and oxygen atoms in total. The zero-order valence-electron chi connectivity index (χ0n) is 14.4. The van der Waals surface area contributed by atoms with E-state index in [0.717, 1.165) is 38.6 Å². The lowest BCUT2D eigenvalue weighted by Crippen LogP contribution is -2.32. The lowest BCUT2D eigenvalue weighted by atomic mass is 9.97. The van der Waals surface area contributed by atoms with Crippen molar-refractivity contribution in [3.05, 3.63) is 72.8 Å². The number of hydrogen-bond acceptors (Lipinski definition) is 3. The van der Waals surface area contributed by atoms with Gasteiger partial charge < -0.3 is 11.1 Å². The van der Waals surface area contributed by atoms with Crippen LogP contribution in [0.3, 0.4) is 0 Å². The minimum atomic E-state index is -0.568. The highest BCUT2D eigenvalue weighted by molar-refractivity contribution is 6.05. The molecule has 4 aromatic rings. The average Bonchev–Trinajstić information content (AvgIpc) is 2.66. The molecule has 3 N–H and O–H groups in total. The number of carbonyl (C=O) groups is 1. The zero-order chi connectivity index (χ0) is 18.1. The van der Waals surface area contributed by atoms with Crippen LogP contribution in [0.1, 0.15) is 6.92 Å². The number of aromatic nitrogens is 1. The van der Waals surface area contributed by atoms with Crippen molar-refractivity contribution in [1.82, 2.24) is 4.98 Å². The molecule has 1 amide bonds. The molecular formula is C22H19N3O. The number of nitrogens with one attached hydrogen (secondary N) is 1. The standard InChI is InChI=1S/C22H19N3O/c1-14(23)22(26)25-20-11-5-3-8-17(20)16-9-6-12-21-18(16)13-15-7-2-4-10-19(15)24-21/h2-14H,23H2,1H3,(H,25,26). The van der Waals surface area contributed by atoms with Gasteiger partial charge in [0.05, 0.1) is 17.1 Å². The molecule has 0 radical (unpaired) electrons. The van der Waals surface area contributed by atoms with Gasteiger partial charge in [0.15, 0.2) is 0 Å². The summed E-state index contributed by atoms with van der Waals surface area (Å²) >= 11 is 0. The first-order valence-electron chi connectivity index (χ1n) is 8.58. The van der Waals surface area contributed by atoms with Crippen LogP contribution in [-0.4, -0.2) is 16.9 Å². The highest BCUT2D eigenvalue weighted by Crippen LogP contribution is 2.34. The smallest absolute Gasteiger partial charge is 0.241 e. The van der Waals surface area contributed by atoms with Crippen molar-refractivity contribution in [3.8, 4) is 11.1 Å². The van der Waals surface area contributed by atoms with Crippen LogP contribution in [0, 0.1) is 0 Å². The Morgan fingerprint density at radius 1 is 0.923 bits per heavy atom. The van der Waals surface area contributed by atoms with E-state index in [9.17, 15) is 4.79 Å². The van der Waals surface area contributed by atoms with E-state index in [1.807, 2.05) is 54.6 Å². The molecule has 0 fully saturated rings. The highest BCUT2D eigenvalue weighted by Gasteiger charge is 2.13. The molecular weight excluding hydrogens is 322 g/mol. The van der Waals surface area contributed by atoms with Crippen LogP contribution >= 0.6 is 0 Å². The molecule has 0 saturated heterocycles. The predicted molar refractivity (Wildman–Crippen MR) is 107 cm³/mol. The number of amides is 1. The Bertz CT molecular complexity index is 1120. The fourth-order valence-electron chi connectivity index (χ4n) is 3.11. The van der Waals surface area contributed by atoms with Gasteiger partial charge in [0.25, 0.3) is 0 Å². The molecule has 1 atom stereocenters. The molecule has 0 saturated carbocycles. The highest BCUT2D eigenvalue weighted by atomic mass is 16.2. The van der Waals surface area contributed by atoms with Gasteiger partial charge in [-0.15, -0.1) is 0 Å². The average molecular weight is 341 g/mol. The molecule has 1 unspecified atom stereocenters. The summed E-state index contributed by atoms with van der Waals surface area (Å²) in [7, 11) is 0. The summed E-state index contributed by atoms with van der Waals surface area (Å²) in [6.45, 7) is 1.67. The second-order valence-corrected chi connectivity index (χ2v) is 6.38. The Kier molecular flexibility index (Phi) is 4.11. The van der Waals surface area contributed by atoms with Crippen molar-refractivity contribution >= 4 is 33.4 Å². The summed E-state index contributed by atoms with van der Waals surface area (Å²) in [5.74, 6) is -0.207. The minimum absolute atomic E-state index is 0.207. The third-order valence-corrected chi connectivity index (χ3v) is 4.45. The van der Waals surface area contributed by atoms with E-state index in [4.69, 9.17) is 10.7 Å². The van der Waals surface area contributed by atoms with Gasteiger partial charge >= 0.3 is 0 Å². The summed E-state index contributed by atoms with van der Waals surface area (Å²) in [6, 6.07) is 23.5. The SMILES string of the molecule is CC(N)C(=O)Nc1ccccc1-c1cccc2nc3ccccc3cc12. The molecule has 4 heteroatoms. The number of anilines is 1. The van der Waals surface area contributed by atoms with Gasteiger partial charge in [0, 0.05) is 22.0 Å². The van der Waals surface area contributed by atoms with Gasteiger partial charge in [0.1, 0.15) is 0 Å². The van der Waals surface area contributed by atoms with Crippen LogP contribution in [0.5, 0.6) is 0 Å². The first-order chi connectivity index (χ1) is 12.6. The minimum Gasteiger partial charge on any atom is -0.324 e. The van der Waals surface area contributed by atoms with Gasteiger partial charge in [-0.05, 0) is 36.8 Å². The number of pyridine rings is 1. The lowest BCUT2D eigenvalue weighted by Gasteiger charge is -2.14. The fraction of sp³-hybridized carbons (Fsp3) is 0.0909. The van der Waals surface area contributed by atoms with E-state index in [1.165, 1.54) is 0 Å². The Morgan fingerprint density at radius 2 is 1.62 bits per heavy atom. The second kappa shape index (κ2) is 6.58. The summed E-state index contributed by atoms with van der Waals surface area (Å²) in [4.78, 5) is 16.9. The van der Waals surface area contributed by atoms with Crippen LogP contribution in [0.15, 0.2) is 72.8 Å². The molecule has 0 aliphatic carbocycles. The van der Waals surface area contributed by atoms with Gasteiger partial charge in [-0.25, -0.2) is 4.98 Å². The third-order valence-electron chi connectivity index (χ3n) is 4.45. The molecule has 26 heavy (non-hydrogen) atoms. The molecule has 1 aromatic heterocycles. The van der Waals surface area contributed by atoms with E-state index < -0.39 is 6.04 Å². The maximum Gasteiger partial charge on any atom is 0.241 e. The van der Waals surface area contributed by atoms with Gasteiger partial charge in [-0.2, -0.15) is 0 Å². The van der Waals surface area contributed by atoms with Crippen molar-refractivity contribution < 1.29 is 4.79 Å². The Labute approximate surface area is 151 Å². The van der Waals surface area contributed by atoms with Crippen LogP contribution in [0.25, 0.3) is 32.9 Å². The largest absolute Gasteiger partial charge is 0.324 e. The first-order valence-corrected chi connectivity index (χ1v) is 8.58. The predicted octanol–water partition coefficient (Wildman–Crippen LogP) is 4.34. The molecule has 0 aliphatic rings. The number of fused-ring (bicyclic) bond motifs is 2. The van der Waals surface area contributed by atoms with Crippen molar-refractivity contribution in [3.63, 3.8) is 0 Å². The Hall–Kier alpha value is -3.24. The molecule has 0 bridgehead atoms. The van der Waals surface area contributed by atoms with Crippen LogP contribution < -0.4 is 11.1 Å². The number of nitrogens with zero attached hydrogens (tertiary/aromatic N) is 1. The van der Waals surface area contributed by atoms with Gasteiger partial charge in [-0.1, -0.05) is 48.5 Å². The molecule has 0 spiro atoms. The van der Waals surface area contributed by atoms with Crippen molar-refractivity contribution in [2.45, 2.75) is 13.0 Å². The van der Waals surface area contributed by atoms with Crippen molar-refractivity contribution in [2.24, 2.45) is 5.73 Å². The van der Waals surface area contributed by atoms with Crippen LogP contribution in [0.4, 0.5) is 5.69 Å². The zero-order valence-corrected chi connectivity index (χ0v) is 14.4. The summed E-state index contributed by atoms with van der Waals surface area (Å²) in [5, 5.41) is 5.06. The molecule has 0 aliphatic heterocycles. The quantitative estimate of drug-likeness (QED) is 0.545. The Balaban J connectivity index is 1.92. The maximum atomic E-state index is 12.1. The van der Waals surface area contributed by atoms with E-state index in [1.54, 1.807) is 6.92 Å². The molecule has 4 rings (SSSR count). The van der Waals surface area contributed by atoms with Crippen LogP contribution in [-0.2, 0) is 4.79 Å². The van der Waals surface area contributed by atoms with Crippen molar-refractivity contribution in [1.29, 1.82) is 0 Å². The summed E-state index contributed by atoms with van der Waals surface area (Å²) < 4.78 is 0. The number of benzene rings is 3. The molecule has 3 aromatic carbocycles. The maximum absolute atomic E-state index is 12.1. The first kappa shape index (κ1) is 16.2. The third kappa shape index (κ3) is 2.91. The normalized spacial score (nSPS) is 12.2. The van der Waals surface area contributed by atoms with E-state index >= 15 is 0 Å². The van der Waals surface area contributed by atoms with Crippen LogP contribution in [0.2, 0.25) is 0 Å². The van der Waals surface area contributed by atoms with E-state index in [-0.39, 0.29) is 5.91 Å². The number of para-hydroxylation sites is 2. The number of rotatable bonds is 3. The topological polar surface area (TPSA) is 68.0 Å². The second-order valence-electron chi connectivity index (χ2n) is 6.38. The fourth-order valence-corrected chi connectivity index (χ4v) is 3.11. The summed E-state index contributed by atoms with van der Waals surface area (Å²) in [5.41, 5.74) is 10.3. The van der Waals surface area contributed by atoms with Gasteiger partial charge in [0.2, 0.25) is 5.91 Å². The number of hydrogen-bond donors (Lipinski definition) is 2. The number of nitrogens with two attached hydrogens (primary N) is 1.